The molecule has 0 spiro atoms. The first-order chi connectivity index (χ1) is 9.47. The van der Waals surface area contributed by atoms with Gasteiger partial charge in [0.25, 0.3) is 0 Å². The molecule has 0 atom stereocenters. The highest BCUT2D eigenvalue weighted by molar-refractivity contribution is 5.59. The standard InChI is InChI=1S/C14H19F3N2O/c15-14(16,17)12-9-10(18)5-6-13(12)19-7-8-20-11-3-1-2-4-11/h5-6,9,11,19H,1-4,7-8,18H2. The Bertz CT molecular complexity index is 443. The molecule has 3 N–H and O–H groups in total. The van der Waals surface area contributed by atoms with Gasteiger partial charge in [-0.15, -0.1) is 0 Å². The van der Waals surface area contributed by atoms with Crippen LogP contribution in [0.25, 0.3) is 0 Å². The van der Waals surface area contributed by atoms with E-state index >= 15 is 0 Å². The maximum Gasteiger partial charge on any atom is 0.418 e. The number of rotatable bonds is 5. The van der Waals surface area contributed by atoms with Crippen molar-refractivity contribution in [1.29, 1.82) is 0 Å². The van der Waals surface area contributed by atoms with Crippen molar-refractivity contribution in [2.24, 2.45) is 0 Å². The number of benzene rings is 1. The third-order valence-electron chi connectivity index (χ3n) is 3.42. The van der Waals surface area contributed by atoms with Crippen LogP contribution in [0.15, 0.2) is 18.2 Å². The lowest BCUT2D eigenvalue weighted by Crippen LogP contribution is -2.17. The van der Waals surface area contributed by atoms with Crippen molar-refractivity contribution in [2.75, 3.05) is 24.2 Å². The number of nitrogen functional groups attached to an aromatic ring is 1. The Balaban J connectivity index is 1.88. The summed E-state index contributed by atoms with van der Waals surface area (Å²) in [5, 5.41) is 2.77. The molecule has 1 aromatic carbocycles. The van der Waals surface area contributed by atoms with Crippen molar-refractivity contribution in [2.45, 2.75) is 38.0 Å². The number of hydrogen-bond acceptors (Lipinski definition) is 3. The third-order valence-corrected chi connectivity index (χ3v) is 3.42. The largest absolute Gasteiger partial charge is 0.418 e. The van der Waals surface area contributed by atoms with Crippen molar-refractivity contribution in [3.05, 3.63) is 23.8 Å². The second-order valence-electron chi connectivity index (χ2n) is 5.01. The molecule has 0 saturated heterocycles. The SMILES string of the molecule is Nc1ccc(NCCOC2CCCC2)c(C(F)(F)F)c1. The highest BCUT2D eigenvalue weighted by Crippen LogP contribution is 2.35. The molecule has 0 radical (unpaired) electrons. The van der Waals surface area contributed by atoms with Gasteiger partial charge in [-0.3, -0.25) is 0 Å². The van der Waals surface area contributed by atoms with E-state index in [1.54, 1.807) is 0 Å². The first-order valence-corrected chi connectivity index (χ1v) is 6.79. The molecule has 1 aliphatic rings. The molecule has 20 heavy (non-hydrogen) atoms. The van der Waals surface area contributed by atoms with Gasteiger partial charge < -0.3 is 15.8 Å². The van der Waals surface area contributed by atoms with Gasteiger partial charge in [-0.1, -0.05) is 12.8 Å². The smallest absolute Gasteiger partial charge is 0.399 e. The van der Waals surface area contributed by atoms with Gasteiger partial charge in [0, 0.05) is 17.9 Å². The molecule has 0 heterocycles. The van der Waals surface area contributed by atoms with Gasteiger partial charge >= 0.3 is 6.18 Å². The van der Waals surface area contributed by atoms with Gasteiger partial charge in [0.2, 0.25) is 0 Å². The molecule has 0 aliphatic heterocycles. The van der Waals surface area contributed by atoms with Crippen LogP contribution in [-0.4, -0.2) is 19.3 Å². The molecule has 1 saturated carbocycles. The van der Waals surface area contributed by atoms with E-state index in [4.69, 9.17) is 10.5 Å². The average Bonchev–Trinajstić information content (AvgIpc) is 2.88. The molecule has 1 fully saturated rings. The fourth-order valence-corrected chi connectivity index (χ4v) is 2.42. The lowest BCUT2D eigenvalue weighted by Gasteiger charge is -2.16. The highest BCUT2D eigenvalue weighted by Gasteiger charge is 2.33. The third kappa shape index (κ3) is 4.03. The molecular weight excluding hydrogens is 269 g/mol. The highest BCUT2D eigenvalue weighted by atomic mass is 19.4. The Morgan fingerprint density at radius 1 is 1.25 bits per heavy atom. The fourth-order valence-electron chi connectivity index (χ4n) is 2.42. The summed E-state index contributed by atoms with van der Waals surface area (Å²) < 4.78 is 44.2. The molecule has 112 valence electrons. The average molecular weight is 288 g/mol. The van der Waals surface area contributed by atoms with Crippen LogP contribution in [-0.2, 0) is 10.9 Å². The summed E-state index contributed by atoms with van der Waals surface area (Å²) in [4.78, 5) is 0. The first-order valence-electron chi connectivity index (χ1n) is 6.79. The monoisotopic (exact) mass is 288 g/mol. The number of ether oxygens (including phenoxy) is 1. The van der Waals surface area contributed by atoms with Gasteiger partial charge in [0.05, 0.1) is 18.3 Å². The molecule has 6 heteroatoms. The summed E-state index contributed by atoms with van der Waals surface area (Å²) in [7, 11) is 0. The van der Waals surface area contributed by atoms with Crippen LogP contribution >= 0.6 is 0 Å². The van der Waals surface area contributed by atoms with Crippen LogP contribution in [0.5, 0.6) is 0 Å². The van der Waals surface area contributed by atoms with Crippen LogP contribution < -0.4 is 11.1 Å². The minimum absolute atomic E-state index is 0.0433. The number of nitrogens with two attached hydrogens (primary N) is 1. The molecule has 0 amide bonds. The second kappa shape index (κ2) is 6.35. The van der Waals surface area contributed by atoms with Gasteiger partial charge in [0.15, 0.2) is 0 Å². The van der Waals surface area contributed by atoms with Crippen molar-refractivity contribution >= 4 is 11.4 Å². The summed E-state index contributed by atoms with van der Waals surface area (Å²) in [6.45, 7) is 0.760. The minimum Gasteiger partial charge on any atom is -0.399 e. The second-order valence-corrected chi connectivity index (χ2v) is 5.01. The van der Waals surface area contributed by atoms with E-state index in [2.05, 4.69) is 5.32 Å². The fraction of sp³-hybridized carbons (Fsp3) is 0.571. The molecule has 3 nitrogen and oxygen atoms in total. The van der Waals surface area contributed by atoms with Crippen LogP contribution in [0.2, 0.25) is 0 Å². The number of hydrogen-bond donors (Lipinski definition) is 2. The van der Waals surface area contributed by atoms with Crippen molar-refractivity contribution in [3.8, 4) is 0 Å². The zero-order valence-corrected chi connectivity index (χ0v) is 11.2. The summed E-state index contributed by atoms with van der Waals surface area (Å²) in [6, 6.07) is 3.75. The predicted molar refractivity (Wildman–Crippen MR) is 72.6 cm³/mol. The van der Waals surface area contributed by atoms with Crippen LogP contribution in [0.3, 0.4) is 0 Å². The van der Waals surface area contributed by atoms with Gasteiger partial charge in [-0.2, -0.15) is 13.2 Å². The molecule has 1 aromatic rings. The van der Waals surface area contributed by atoms with E-state index in [1.807, 2.05) is 0 Å². The quantitative estimate of drug-likeness (QED) is 0.642. The number of alkyl halides is 3. The van der Waals surface area contributed by atoms with E-state index in [-0.39, 0.29) is 17.5 Å². The van der Waals surface area contributed by atoms with Crippen LogP contribution in [0.1, 0.15) is 31.2 Å². The Labute approximate surface area is 116 Å². The van der Waals surface area contributed by atoms with Crippen molar-refractivity contribution < 1.29 is 17.9 Å². The lowest BCUT2D eigenvalue weighted by molar-refractivity contribution is -0.136. The maximum absolute atomic E-state index is 12.9. The Morgan fingerprint density at radius 2 is 1.95 bits per heavy atom. The Kier molecular flexibility index (Phi) is 4.75. The van der Waals surface area contributed by atoms with Gasteiger partial charge in [-0.25, -0.2) is 0 Å². The number of nitrogens with one attached hydrogen (secondary N) is 1. The topological polar surface area (TPSA) is 47.3 Å². The van der Waals surface area contributed by atoms with Crippen LogP contribution in [0.4, 0.5) is 24.5 Å². The summed E-state index contributed by atoms with van der Waals surface area (Å²) >= 11 is 0. The molecule has 1 aliphatic carbocycles. The zero-order chi connectivity index (χ0) is 14.6. The molecule has 0 aromatic heterocycles. The normalized spacial score (nSPS) is 16.6. The van der Waals surface area contributed by atoms with Crippen LogP contribution in [0, 0.1) is 0 Å². The van der Waals surface area contributed by atoms with E-state index in [9.17, 15) is 13.2 Å². The summed E-state index contributed by atoms with van der Waals surface area (Å²) in [5.41, 5.74) is 4.82. The molecule has 2 rings (SSSR count). The van der Waals surface area contributed by atoms with Crippen molar-refractivity contribution in [1.82, 2.24) is 0 Å². The Hall–Kier alpha value is -1.43. The minimum atomic E-state index is -4.41. The first kappa shape index (κ1) is 15.0. The lowest BCUT2D eigenvalue weighted by atomic mass is 10.1. The molecule has 0 bridgehead atoms. The van der Waals surface area contributed by atoms with Crippen molar-refractivity contribution in [3.63, 3.8) is 0 Å². The maximum atomic E-state index is 12.9. The van der Waals surface area contributed by atoms with Gasteiger partial charge in [0.1, 0.15) is 0 Å². The summed E-state index contributed by atoms with van der Waals surface area (Å²) in [5.74, 6) is 0. The number of anilines is 2. The Morgan fingerprint density at radius 3 is 2.60 bits per heavy atom. The summed E-state index contributed by atoms with van der Waals surface area (Å²) in [6.07, 6.45) is 0.308. The van der Waals surface area contributed by atoms with Gasteiger partial charge in [-0.05, 0) is 31.0 Å². The predicted octanol–water partition coefficient (Wildman–Crippen LogP) is 3.66. The zero-order valence-electron chi connectivity index (χ0n) is 11.2. The van der Waals surface area contributed by atoms with E-state index < -0.39 is 11.7 Å². The van der Waals surface area contributed by atoms with E-state index in [0.717, 1.165) is 18.9 Å². The number of halogens is 3. The molecular formula is C14H19F3N2O. The van der Waals surface area contributed by atoms with E-state index in [1.165, 1.54) is 25.0 Å². The molecule has 0 unspecified atom stereocenters. The van der Waals surface area contributed by atoms with E-state index in [0.29, 0.717) is 13.2 Å².